The smallest absolute Gasteiger partial charge is 0.338 e. The van der Waals surface area contributed by atoms with Crippen molar-refractivity contribution in [2.45, 2.75) is 13.0 Å². The van der Waals surface area contributed by atoms with E-state index in [0.29, 0.717) is 5.56 Å². The van der Waals surface area contributed by atoms with Gasteiger partial charge in [-0.1, -0.05) is 24.3 Å². The van der Waals surface area contributed by atoms with Crippen molar-refractivity contribution >= 4 is 5.97 Å². The van der Waals surface area contributed by atoms with E-state index in [2.05, 4.69) is 0 Å². The van der Waals surface area contributed by atoms with E-state index < -0.39 is 6.10 Å². The Labute approximate surface area is 89.0 Å². The highest BCUT2D eigenvalue weighted by Gasteiger charge is 2.03. The van der Waals surface area contributed by atoms with Gasteiger partial charge in [0.1, 0.15) is 6.61 Å². The molecule has 1 unspecified atom stereocenters. The highest BCUT2D eigenvalue weighted by atomic mass is 16.5. The lowest BCUT2D eigenvalue weighted by Gasteiger charge is -2.01. The summed E-state index contributed by atoms with van der Waals surface area (Å²) in [7, 11) is 0. The van der Waals surface area contributed by atoms with Gasteiger partial charge in [0.2, 0.25) is 0 Å². The molecule has 1 N–H and O–H groups in total. The number of benzene rings is 1. The second kappa shape index (κ2) is 5.98. The Morgan fingerprint density at radius 3 is 2.73 bits per heavy atom. The van der Waals surface area contributed by atoms with Crippen molar-refractivity contribution in [2.24, 2.45) is 0 Å². The molecule has 0 saturated heterocycles. The zero-order chi connectivity index (χ0) is 11.1. The molecule has 1 rings (SSSR count). The summed E-state index contributed by atoms with van der Waals surface area (Å²) in [5.74, 6) is -0.356. The predicted octanol–water partition coefficient (Wildman–Crippen LogP) is 1.78. The summed E-state index contributed by atoms with van der Waals surface area (Å²) < 4.78 is 4.94. The van der Waals surface area contributed by atoms with E-state index in [9.17, 15) is 4.79 Å². The third-order valence-corrected chi connectivity index (χ3v) is 1.73. The van der Waals surface area contributed by atoms with Gasteiger partial charge in [0.15, 0.2) is 0 Å². The lowest BCUT2D eigenvalue weighted by molar-refractivity contribution is 0.0548. The molecule has 3 heteroatoms. The number of aliphatic hydroxyl groups is 1. The number of carbonyl (C=O) groups is 1. The monoisotopic (exact) mass is 206 g/mol. The first kappa shape index (κ1) is 11.5. The molecule has 0 aliphatic heterocycles. The number of hydrogen-bond acceptors (Lipinski definition) is 3. The second-order valence-corrected chi connectivity index (χ2v) is 3.13. The van der Waals surface area contributed by atoms with Crippen LogP contribution in [0.25, 0.3) is 0 Å². The summed E-state index contributed by atoms with van der Waals surface area (Å²) in [6, 6.07) is 8.79. The fraction of sp³-hybridized carbons (Fsp3) is 0.250. The van der Waals surface area contributed by atoms with Gasteiger partial charge < -0.3 is 9.84 Å². The van der Waals surface area contributed by atoms with Gasteiger partial charge in [0.05, 0.1) is 11.7 Å². The van der Waals surface area contributed by atoms with Crippen molar-refractivity contribution in [1.82, 2.24) is 0 Å². The van der Waals surface area contributed by atoms with Crippen molar-refractivity contribution in [2.75, 3.05) is 6.61 Å². The van der Waals surface area contributed by atoms with E-state index in [1.807, 2.05) is 6.07 Å². The summed E-state index contributed by atoms with van der Waals surface area (Å²) >= 11 is 0. The van der Waals surface area contributed by atoms with Crippen LogP contribution < -0.4 is 0 Å². The summed E-state index contributed by atoms with van der Waals surface area (Å²) in [6.45, 7) is 1.81. The molecular formula is C12H14O3. The van der Waals surface area contributed by atoms with E-state index in [0.717, 1.165) is 0 Å². The van der Waals surface area contributed by atoms with Crippen LogP contribution in [-0.4, -0.2) is 23.8 Å². The molecule has 80 valence electrons. The normalized spacial score (nSPS) is 12.7. The fourth-order valence-electron chi connectivity index (χ4n) is 1.03. The number of rotatable bonds is 4. The van der Waals surface area contributed by atoms with Crippen molar-refractivity contribution in [3.05, 3.63) is 48.0 Å². The van der Waals surface area contributed by atoms with Crippen molar-refractivity contribution < 1.29 is 14.6 Å². The summed E-state index contributed by atoms with van der Waals surface area (Å²) in [6.07, 6.45) is 2.67. The van der Waals surface area contributed by atoms with Crippen LogP contribution in [0.15, 0.2) is 42.5 Å². The first-order chi connectivity index (χ1) is 7.20. The first-order valence-corrected chi connectivity index (χ1v) is 4.77. The summed E-state index contributed by atoms with van der Waals surface area (Å²) in [4.78, 5) is 11.4. The highest BCUT2D eigenvalue weighted by molar-refractivity contribution is 5.89. The molecule has 0 heterocycles. The number of ether oxygens (including phenoxy) is 1. The van der Waals surface area contributed by atoms with Gasteiger partial charge in [-0.3, -0.25) is 0 Å². The SMILES string of the molecule is CC(O)/C=C/COC(=O)c1ccccc1. The second-order valence-electron chi connectivity index (χ2n) is 3.13. The standard InChI is InChI=1S/C12H14O3/c1-10(13)6-5-9-15-12(14)11-7-3-2-4-8-11/h2-8,10,13H,9H2,1H3/b6-5+. The van der Waals surface area contributed by atoms with Gasteiger partial charge in [-0.15, -0.1) is 0 Å². The van der Waals surface area contributed by atoms with Crippen molar-refractivity contribution in [3.63, 3.8) is 0 Å². The van der Waals surface area contributed by atoms with Crippen LogP contribution in [0.4, 0.5) is 0 Å². The minimum absolute atomic E-state index is 0.179. The number of esters is 1. The van der Waals surface area contributed by atoms with E-state index in [4.69, 9.17) is 9.84 Å². The number of aliphatic hydroxyl groups excluding tert-OH is 1. The van der Waals surface area contributed by atoms with E-state index in [1.54, 1.807) is 43.3 Å². The van der Waals surface area contributed by atoms with Gasteiger partial charge in [0.25, 0.3) is 0 Å². The van der Waals surface area contributed by atoms with Crippen molar-refractivity contribution in [3.8, 4) is 0 Å². The first-order valence-electron chi connectivity index (χ1n) is 4.77. The van der Waals surface area contributed by atoms with Crippen molar-refractivity contribution in [1.29, 1.82) is 0 Å². The molecule has 0 radical (unpaired) electrons. The third kappa shape index (κ3) is 4.42. The maximum atomic E-state index is 11.4. The Morgan fingerprint density at radius 2 is 2.13 bits per heavy atom. The van der Waals surface area contributed by atoms with E-state index in [-0.39, 0.29) is 12.6 Å². The van der Waals surface area contributed by atoms with Gasteiger partial charge in [-0.2, -0.15) is 0 Å². The molecule has 0 aliphatic rings. The van der Waals surface area contributed by atoms with Gasteiger partial charge in [-0.05, 0) is 25.1 Å². The molecule has 15 heavy (non-hydrogen) atoms. The third-order valence-electron chi connectivity index (χ3n) is 1.73. The summed E-state index contributed by atoms with van der Waals surface area (Å²) in [5.41, 5.74) is 0.531. The minimum atomic E-state index is -0.513. The average molecular weight is 206 g/mol. The van der Waals surface area contributed by atoms with Gasteiger partial charge in [-0.25, -0.2) is 4.79 Å². The van der Waals surface area contributed by atoms with Crippen LogP contribution >= 0.6 is 0 Å². The molecule has 1 atom stereocenters. The lowest BCUT2D eigenvalue weighted by atomic mass is 10.2. The Kier molecular flexibility index (Phi) is 4.57. The summed E-state index contributed by atoms with van der Waals surface area (Å²) in [5, 5.41) is 8.91. The van der Waals surface area contributed by atoms with Crippen LogP contribution in [0.3, 0.4) is 0 Å². The average Bonchev–Trinajstić information content (AvgIpc) is 2.25. The van der Waals surface area contributed by atoms with Crippen LogP contribution in [0.5, 0.6) is 0 Å². The Morgan fingerprint density at radius 1 is 1.47 bits per heavy atom. The molecule has 3 nitrogen and oxygen atoms in total. The molecule has 0 bridgehead atoms. The minimum Gasteiger partial charge on any atom is -0.458 e. The molecule has 1 aromatic rings. The Bertz CT molecular complexity index is 328. The largest absolute Gasteiger partial charge is 0.458 e. The van der Waals surface area contributed by atoms with Gasteiger partial charge >= 0.3 is 5.97 Å². The Hall–Kier alpha value is -1.61. The van der Waals surface area contributed by atoms with Crippen LogP contribution in [0.1, 0.15) is 17.3 Å². The lowest BCUT2D eigenvalue weighted by Crippen LogP contribution is -2.05. The number of carbonyl (C=O) groups excluding carboxylic acids is 1. The van der Waals surface area contributed by atoms with E-state index in [1.165, 1.54) is 0 Å². The topological polar surface area (TPSA) is 46.5 Å². The maximum Gasteiger partial charge on any atom is 0.338 e. The zero-order valence-corrected chi connectivity index (χ0v) is 8.59. The number of hydrogen-bond donors (Lipinski definition) is 1. The zero-order valence-electron chi connectivity index (χ0n) is 8.59. The molecule has 0 spiro atoms. The van der Waals surface area contributed by atoms with Gasteiger partial charge in [0, 0.05) is 0 Å². The molecule has 1 aromatic carbocycles. The fourth-order valence-corrected chi connectivity index (χ4v) is 1.03. The molecular weight excluding hydrogens is 192 g/mol. The van der Waals surface area contributed by atoms with Crippen LogP contribution in [-0.2, 0) is 4.74 Å². The van der Waals surface area contributed by atoms with E-state index >= 15 is 0 Å². The molecule has 0 saturated carbocycles. The highest BCUT2D eigenvalue weighted by Crippen LogP contribution is 2.00. The predicted molar refractivity (Wildman–Crippen MR) is 57.5 cm³/mol. The molecule has 0 fully saturated rings. The maximum absolute atomic E-state index is 11.4. The van der Waals surface area contributed by atoms with Crippen LogP contribution in [0, 0.1) is 0 Å². The molecule has 0 aliphatic carbocycles. The Balaban J connectivity index is 2.38. The molecule has 0 amide bonds. The van der Waals surface area contributed by atoms with Crippen LogP contribution in [0.2, 0.25) is 0 Å². The molecule has 0 aromatic heterocycles. The quantitative estimate of drug-likeness (QED) is 0.603.